The number of hydrogen-bond acceptors (Lipinski definition) is 3. The summed E-state index contributed by atoms with van der Waals surface area (Å²) in [4.78, 5) is 23.8. The molecule has 1 aromatic rings. The molecule has 0 saturated heterocycles. The van der Waals surface area contributed by atoms with Crippen LogP contribution in [-0.2, 0) is 4.79 Å². The number of carbonyl (C=O) groups excluding carboxylic acids is 1. The third kappa shape index (κ3) is 4.83. The Hall–Kier alpha value is -1.01. The molecular formula is C14H18BrNO3S. The molecule has 110 valence electrons. The average Bonchev–Trinajstić information content (AvgIpc) is 2.40. The number of hydrogen-bond donors (Lipinski definition) is 2. The predicted octanol–water partition coefficient (Wildman–Crippen LogP) is 3.54. The van der Waals surface area contributed by atoms with Gasteiger partial charge in [0.15, 0.2) is 0 Å². The van der Waals surface area contributed by atoms with Crippen molar-refractivity contribution in [2.45, 2.75) is 43.4 Å². The van der Waals surface area contributed by atoms with Crippen LogP contribution in [0, 0.1) is 0 Å². The number of thioether (sulfide) groups is 1. The molecule has 0 heterocycles. The first-order valence-electron chi connectivity index (χ1n) is 6.35. The number of amides is 1. The maximum Gasteiger partial charge on any atom is 0.336 e. The zero-order valence-corrected chi connectivity index (χ0v) is 14.0. The van der Waals surface area contributed by atoms with Crippen LogP contribution in [0.2, 0.25) is 0 Å². The van der Waals surface area contributed by atoms with E-state index in [1.807, 2.05) is 20.8 Å². The van der Waals surface area contributed by atoms with Crippen LogP contribution in [-0.4, -0.2) is 28.3 Å². The topological polar surface area (TPSA) is 66.4 Å². The van der Waals surface area contributed by atoms with Crippen LogP contribution in [0.4, 0.5) is 0 Å². The minimum atomic E-state index is -0.990. The van der Waals surface area contributed by atoms with Crippen molar-refractivity contribution in [1.82, 2.24) is 5.32 Å². The zero-order chi connectivity index (χ0) is 15.3. The van der Waals surface area contributed by atoms with Crippen molar-refractivity contribution in [2.75, 3.05) is 0 Å². The monoisotopic (exact) mass is 359 g/mol. The molecule has 0 aliphatic carbocycles. The number of carbonyl (C=O) groups is 2. The van der Waals surface area contributed by atoms with Crippen molar-refractivity contribution < 1.29 is 14.7 Å². The summed E-state index contributed by atoms with van der Waals surface area (Å²) in [5.41, 5.74) is 0.199. The third-order valence-electron chi connectivity index (χ3n) is 2.85. The highest BCUT2D eigenvalue weighted by Gasteiger charge is 2.17. The molecule has 1 aromatic carbocycles. The summed E-state index contributed by atoms with van der Waals surface area (Å²) in [6.45, 7) is 5.78. The summed E-state index contributed by atoms with van der Waals surface area (Å²) in [5.74, 6) is -1.03. The number of carboxylic acids is 1. The second-order valence-corrected chi connectivity index (χ2v) is 6.79. The summed E-state index contributed by atoms with van der Waals surface area (Å²) >= 11 is 4.55. The number of aromatic carboxylic acids is 1. The summed E-state index contributed by atoms with van der Waals surface area (Å²) in [6, 6.07) is 5.20. The van der Waals surface area contributed by atoms with Gasteiger partial charge in [0.25, 0.3) is 0 Å². The van der Waals surface area contributed by atoms with Crippen LogP contribution in [0.3, 0.4) is 0 Å². The number of nitrogens with one attached hydrogen (secondary N) is 1. The van der Waals surface area contributed by atoms with E-state index in [0.29, 0.717) is 4.47 Å². The highest BCUT2D eigenvalue weighted by Crippen LogP contribution is 2.28. The fraction of sp³-hybridized carbons (Fsp3) is 0.429. The molecule has 0 saturated carbocycles. The molecule has 0 bridgehead atoms. The van der Waals surface area contributed by atoms with Gasteiger partial charge in [-0.1, -0.05) is 6.92 Å². The summed E-state index contributed by atoms with van der Waals surface area (Å²) in [7, 11) is 0. The van der Waals surface area contributed by atoms with E-state index in [4.69, 9.17) is 5.11 Å². The van der Waals surface area contributed by atoms with Crippen molar-refractivity contribution in [1.29, 1.82) is 0 Å². The highest BCUT2D eigenvalue weighted by molar-refractivity contribution is 9.10. The minimum Gasteiger partial charge on any atom is -0.478 e. The second-order valence-electron chi connectivity index (χ2n) is 4.52. The fourth-order valence-electron chi connectivity index (χ4n) is 1.46. The van der Waals surface area contributed by atoms with E-state index in [2.05, 4.69) is 21.2 Å². The Bertz CT molecular complexity index is 507. The quantitative estimate of drug-likeness (QED) is 0.762. The highest BCUT2D eigenvalue weighted by atomic mass is 79.9. The molecule has 2 unspecified atom stereocenters. The summed E-state index contributed by atoms with van der Waals surface area (Å²) in [5, 5.41) is 11.7. The van der Waals surface area contributed by atoms with E-state index in [9.17, 15) is 9.59 Å². The van der Waals surface area contributed by atoms with Crippen LogP contribution < -0.4 is 5.32 Å². The zero-order valence-electron chi connectivity index (χ0n) is 11.6. The molecular weight excluding hydrogens is 342 g/mol. The molecule has 0 aliphatic rings. The van der Waals surface area contributed by atoms with Gasteiger partial charge in [0.05, 0.1) is 10.8 Å². The molecule has 1 rings (SSSR count). The van der Waals surface area contributed by atoms with Crippen LogP contribution in [0.25, 0.3) is 0 Å². The molecule has 0 fully saturated rings. The molecule has 6 heteroatoms. The lowest BCUT2D eigenvalue weighted by atomic mass is 10.2. The number of carboxylic acid groups (broad SMARTS) is 1. The van der Waals surface area contributed by atoms with Crippen LogP contribution in [0.15, 0.2) is 27.6 Å². The second kappa shape index (κ2) is 7.69. The molecule has 20 heavy (non-hydrogen) atoms. The lowest BCUT2D eigenvalue weighted by molar-refractivity contribution is -0.120. The molecule has 1 amide bonds. The van der Waals surface area contributed by atoms with Crippen LogP contribution in [0.5, 0.6) is 0 Å². The Morgan fingerprint density at radius 3 is 2.60 bits per heavy atom. The maximum atomic E-state index is 11.9. The van der Waals surface area contributed by atoms with Gasteiger partial charge in [0.2, 0.25) is 5.91 Å². The first-order chi connectivity index (χ1) is 9.35. The molecule has 2 atom stereocenters. The van der Waals surface area contributed by atoms with E-state index in [0.717, 1.165) is 11.3 Å². The van der Waals surface area contributed by atoms with E-state index >= 15 is 0 Å². The van der Waals surface area contributed by atoms with E-state index in [-0.39, 0.29) is 22.8 Å². The van der Waals surface area contributed by atoms with Gasteiger partial charge in [-0.05, 0) is 54.4 Å². The van der Waals surface area contributed by atoms with Gasteiger partial charge in [0, 0.05) is 15.4 Å². The predicted molar refractivity (Wildman–Crippen MR) is 84.3 cm³/mol. The number of rotatable bonds is 6. The van der Waals surface area contributed by atoms with Crippen LogP contribution in [0.1, 0.15) is 37.6 Å². The maximum absolute atomic E-state index is 11.9. The van der Waals surface area contributed by atoms with Crippen molar-refractivity contribution >= 4 is 39.6 Å². The van der Waals surface area contributed by atoms with E-state index < -0.39 is 5.97 Å². The Morgan fingerprint density at radius 1 is 1.40 bits per heavy atom. The first-order valence-corrected chi connectivity index (χ1v) is 8.02. The van der Waals surface area contributed by atoms with Gasteiger partial charge in [-0.2, -0.15) is 0 Å². The van der Waals surface area contributed by atoms with E-state index in [1.165, 1.54) is 11.8 Å². The largest absolute Gasteiger partial charge is 0.478 e. The van der Waals surface area contributed by atoms with Crippen molar-refractivity contribution in [3.05, 3.63) is 28.2 Å². The fourth-order valence-corrected chi connectivity index (χ4v) is 2.79. The Kier molecular flexibility index (Phi) is 6.55. The molecule has 0 aliphatic heterocycles. The van der Waals surface area contributed by atoms with Gasteiger partial charge >= 0.3 is 5.97 Å². The molecule has 0 spiro atoms. The molecule has 0 aromatic heterocycles. The molecule has 2 N–H and O–H groups in total. The van der Waals surface area contributed by atoms with Crippen molar-refractivity contribution in [2.24, 2.45) is 0 Å². The SMILES string of the molecule is CCC(C)NC(=O)C(C)Sc1ccc(Br)c(C(=O)O)c1. The number of halogens is 1. The van der Waals surface area contributed by atoms with E-state index in [1.54, 1.807) is 18.2 Å². The van der Waals surface area contributed by atoms with Crippen LogP contribution >= 0.6 is 27.7 Å². The van der Waals surface area contributed by atoms with Gasteiger partial charge in [0.1, 0.15) is 0 Å². The molecule has 4 nitrogen and oxygen atoms in total. The summed E-state index contributed by atoms with van der Waals surface area (Å²) < 4.78 is 0.533. The lowest BCUT2D eigenvalue weighted by Gasteiger charge is -2.16. The normalized spacial score (nSPS) is 13.6. The summed E-state index contributed by atoms with van der Waals surface area (Å²) in [6.07, 6.45) is 0.880. The Balaban J connectivity index is 2.75. The minimum absolute atomic E-state index is 0.0378. The average molecular weight is 360 g/mol. The van der Waals surface area contributed by atoms with Gasteiger partial charge in [-0.25, -0.2) is 4.79 Å². The third-order valence-corrected chi connectivity index (χ3v) is 4.64. The Morgan fingerprint density at radius 2 is 2.05 bits per heavy atom. The smallest absolute Gasteiger partial charge is 0.336 e. The first kappa shape index (κ1) is 17.0. The Labute approximate surface area is 131 Å². The number of benzene rings is 1. The van der Waals surface area contributed by atoms with Gasteiger partial charge in [-0.3, -0.25) is 4.79 Å². The van der Waals surface area contributed by atoms with Crippen molar-refractivity contribution in [3.8, 4) is 0 Å². The molecule has 0 radical (unpaired) electrons. The van der Waals surface area contributed by atoms with Gasteiger partial charge < -0.3 is 10.4 Å². The van der Waals surface area contributed by atoms with Crippen molar-refractivity contribution in [3.63, 3.8) is 0 Å². The lowest BCUT2D eigenvalue weighted by Crippen LogP contribution is -2.37. The standard InChI is InChI=1S/C14H18BrNO3S/c1-4-8(2)16-13(17)9(3)20-10-5-6-12(15)11(7-10)14(18)19/h5-9H,4H2,1-3H3,(H,16,17)(H,18,19). The van der Waals surface area contributed by atoms with Gasteiger partial charge in [-0.15, -0.1) is 11.8 Å².